The molecule has 0 aliphatic heterocycles. The number of methoxy groups -OCH3 is 2. The number of halogens is 2. The Morgan fingerprint density at radius 1 is 0.962 bits per heavy atom. The van der Waals surface area contributed by atoms with Crippen molar-refractivity contribution in [2.24, 2.45) is 0 Å². The molecule has 0 aromatic heterocycles. The first-order valence-corrected chi connectivity index (χ1v) is 8.95. The maximum absolute atomic E-state index is 11.9. The van der Waals surface area contributed by atoms with Gasteiger partial charge in [-0.3, -0.25) is 4.79 Å². The van der Waals surface area contributed by atoms with E-state index >= 15 is 0 Å². The van der Waals surface area contributed by atoms with Crippen molar-refractivity contribution in [3.05, 3.63) is 52.0 Å². The summed E-state index contributed by atoms with van der Waals surface area (Å²) in [5.74, 6) is 1.35. The molecule has 0 aliphatic carbocycles. The quantitative estimate of drug-likeness (QED) is 0.667. The number of amides is 1. The van der Waals surface area contributed by atoms with E-state index < -0.39 is 0 Å². The maximum Gasteiger partial charge on any atom is 0.221 e. The van der Waals surface area contributed by atoms with Crippen LogP contribution in [0, 0.1) is 0 Å². The van der Waals surface area contributed by atoms with Gasteiger partial charge in [0.25, 0.3) is 0 Å². The minimum absolute atomic E-state index is 0.0221. The average molecular weight is 397 g/mol. The standard InChI is InChI=1S/C19H22Cl2N2O3/c1-25-17-4-3-13(9-18(17)26-2)5-7-23-19(24)6-8-22-16-11-14(20)10-15(21)12-16/h3-4,9-12,22H,5-8H2,1-2H3,(H,23,24). The predicted octanol–water partition coefficient (Wildman–Crippen LogP) is 4.17. The van der Waals surface area contributed by atoms with Crippen LogP contribution in [-0.4, -0.2) is 33.2 Å². The van der Waals surface area contributed by atoms with Crippen LogP contribution in [0.2, 0.25) is 10.0 Å². The normalized spacial score (nSPS) is 10.3. The van der Waals surface area contributed by atoms with Crippen LogP contribution in [0.5, 0.6) is 11.5 Å². The summed E-state index contributed by atoms with van der Waals surface area (Å²) in [4.78, 5) is 11.9. The zero-order valence-electron chi connectivity index (χ0n) is 14.8. The SMILES string of the molecule is COc1ccc(CCNC(=O)CCNc2cc(Cl)cc(Cl)c2)cc1OC. The monoisotopic (exact) mass is 396 g/mol. The number of hydrogen-bond acceptors (Lipinski definition) is 4. The van der Waals surface area contributed by atoms with Crippen LogP contribution in [0.25, 0.3) is 0 Å². The molecule has 0 atom stereocenters. The van der Waals surface area contributed by atoms with E-state index in [0.29, 0.717) is 47.5 Å². The average Bonchev–Trinajstić information content (AvgIpc) is 2.60. The lowest BCUT2D eigenvalue weighted by Gasteiger charge is -2.10. The molecular formula is C19H22Cl2N2O3. The molecule has 0 spiro atoms. The van der Waals surface area contributed by atoms with Crippen LogP contribution >= 0.6 is 23.2 Å². The van der Waals surface area contributed by atoms with Gasteiger partial charge in [-0.25, -0.2) is 0 Å². The first-order valence-electron chi connectivity index (χ1n) is 8.19. The van der Waals surface area contributed by atoms with Gasteiger partial charge in [-0.1, -0.05) is 29.3 Å². The van der Waals surface area contributed by atoms with Gasteiger partial charge in [-0.05, 0) is 42.3 Å². The zero-order valence-corrected chi connectivity index (χ0v) is 16.3. The molecule has 0 saturated carbocycles. The van der Waals surface area contributed by atoms with Gasteiger partial charge in [0.15, 0.2) is 11.5 Å². The van der Waals surface area contributed by atoms with Gasteiger partial charge in [0, 0.05) is 35.2 Å². The summed E-state index contributed by atoms with van der Waals surface area (Å²) < 4.78 is 10.5. The highest BCUT2D eigenvalue weighted by molar-refractivity contribution is 6.35. The molecule has 2 aromatic carbocycles. The molecular weight excluding hydrogens is 375 g/mol. The fourth-order valence-corrected chi connectivity index (χ4v) is 2.97. The second-order valence-corrected chi connectivity index (χ2v) is 6.50. The molecule has 0 radical (unpaired) electrons. The van der Waals surface area contributed by atoms with Crippen molar-refractivity contribution in [2.45, 2.75) is 12.8 Å². The molecule has 0 bridgehead atoms. The van der Waals surface area contributed by atoms with E-state index in [4.69, 9.17) is 32.7 Å². The predicted molar refractivity (Wildman–Crippen MR) is 106 cm³/mol. The van der Waals surface area contributed by atoms with E-state index in [1.807, 2.05) is 18.2 Å². The van der Waals surface area contributed by atoms with Crippen LogP contribution < -0.4 is 20.1 Å². The lowest BCUT2D eigenvalue weighted by Crippen LogP contribution is -2.27. The topological polar surface area (TPSA) is 59.6 Å². The summed E-state index contributed by atoms with van der Waals surface area (Å²) in [6, 6.07) is 10.9. The molecule has 1 amide bonds. The third kappa shape index (κ3) is 6.32. The molecule has 2 rings (SSSR count). The number of hydrogen-bond donors (Lipinski definition) is 2. The lowest BCUT2D eigenvalue weighted by atomic mass is 10.1. The van der Waals surface area contributed by atoms with Gasteiger partial charge >= 0.3 is 0 Å². The second kappa shape index (κ2) is 10.1. The van der Waals surface area contributed by atoms with Crippen molar-refractivity contribution < 1.29 is 14.3 Å². The van der Waals surface area contributed by atoms with Crippen molar-refractivity contribution in [3.8, 4) is 11.5 Å². The van der Waals surface area contributed by atoms with Crippen LogP contribution in [0.4, 0.5) is 5.69 Å². The smallest absolute Gasteiger partial charge is 0.221 e. The van der Waals surface area contributed by atoms with Gasteiger partial charge in [-0.2, -0.15) is 0 Å². The molecule has 0 fully saturated rings. The van der Waals surface area contributed by atoms with Gasteiger partial charge in [-0.15, -0.1) is 0 Å². The number of nitrogens with one attached hydrogen (secondary N) is 2. The number of carbonyl (C=O) groups excluding carboxylic acids is 1. The largest absolute Gasteiger partial charge is 0.493 e. The maximum atomic E-state index is 11.9. The highest BCUT2D eigenvalue weighted by Gasteiger charge is 2.06. The summed E-state index contributed by atoms with van der Waals surface area (Å²) in [6.07, 6.45) is 1.07. The fourth-order valence-electron chi connectivity index (χ4n) is 2.45. The molecule has 2 N–H and O–H groups in total. The lowest BCUT2D eigenvalue weighted by molar-refractivity contribution is -0.120. The molecule has 0 heterocycles. The molecule has 5 nitrogen and oxygen atoms in total. The Morgan fingerprint density at radius 2 is 1.65 bits per heavy atom. The zero-order chi connectivity index (χ0) is 18.9. The molecule has 0 saturated heterocycles. The van der Waals surface area contributed by atoms with Gasteiger partial charge < -0.3 is 20.1 Å². The van der Waals surface area contributed by atoms with Gasteiger partial charge in [0.1, 0.15) is 0 Å². The highest BCUT2D eigenvalue weighted by atomic mass is 35.5. The van der Waals surface area contributed by atoms with E-state index in [1.165, 1.54) is 0 Å². The Balaban J connectivity index is 1.72. The summed E-state index contributed by atoms with van der Waals surface area (Å²) in [7, 11) is 3.20. The van der Waals surface area contributed by atoms with E-state index in [-0.39, 0.29) is 5.91 Å². The number of ether oxygens (including phenoxy) is 2. The molecule has 0 aliphatic rings. The van der Waals surface area contributed by atoms with E-state index in [9.17, 15) is 4.79 Å². The number of rotatable bonds is 9. The number of benzene rings is 2. The van der Waals surface area contributed by atoms with Crippen molar-refractivity contribution >= 4 is 34.8 Å². The summed E-state index contributed by atoms with van der Waals surface area (Å²) in [6.45, 7) is 1.05. The van der Waals surface area contributed by atoms with Gasteiger partial charge in [0.2, 0.25) is 5.91 Å². The first kappa shape index (κ1) is 20.2. The van der Waals surface area contributed by atoms with Crippen molar-refractivity contribution in [1.29, 1.82) is 0 Å². The Bertz CT molecular complexity index is 733. The number of carbonyl (C=O) groups is 1. The Hall–Kier alpha value is -2.11. The number of anilines is 1. The van der Waals surface area contributed by atoms with Crippen LogP contribution in [0.1, 0.15) is 12.0 Å². The molecule has 26 heavy (non-hydrogen) atoms. The fraction of sp³-hybridized carbons (Fsp3) is 0.316. The Kier molecular flexibility index (Phi) is 7.88. The Labute approximate surface area is 163 Å². The third-order valence-electron chi connectivity index (χ3n) is 3.73. The van der Waals surface area contributed by atoms with Crippen LogP contribution in [0.3, 0.4) is 0 Å². The van der Waals surface area contributed by atoms with Crippen molar-refractivity contribution in [2.75, 3.05) is 32.6 Å². The highest BCUT2D eigenvalue weighted by Crippen LogP contribution is 2.27. The molecule has 140 valence electrons. The first-order chi connectivity index (χ1) is 12.5. The summed E-state index contributed by atoms with van der Waals surface area (Å²) >= 11 is 11.9. The van der Waals surface area contributed by atoms with Crippen LogP contribution in [-0.2, 0) is 11.2 Å². The van der Waals surface area contributed by atoms with E-state index in [0.717, 1.165) is 11.3 Å². The Morgan fingerprint density at radius 3 is 2.31 bits per heavy atom. The molecule has 2 aromatic rings. The minimum Gasteiger partial charge on any atom is -0.493 e. The van der Waals surface area contributed by atoms with Crippen LogP contribution in [0.15, 0.2) is 36.4 Å². The van der Waals surface area contributed by atoms with E-state index in [1.54, 1.807) is 32.4 Å². The van der Waals surface area contributed by atoms with Crippen molar-refractivity contribution in [1.82, 2.24) is 5.32 Å². The molecule has 7 heteroatoms. The summed E-state index contributed by atoms with van der Waals surface area (Å²) in [5, 5.41) is 7.15. The molecule has 0 unspecified atom stereocenters. The third-order valence-corrected chi connectivity index (χ3v) is 4.16. The van der Waals surface area contributed by atoms with E-state index in [2.05, 4.69) is 10.6 Å². The van der Waals surface area contributed by atoms with Crippen molar-refractivity contribution in [3.63, 3.8) is 0 Å². The minimum atomic E-state index is -0.0221. The van der Waals surface area contributed by atoms with Gasteiger partial charge in [0.05, 0.1) is 14.2 Å². The second-order valence-electron chi connectivity index (χ2n) is 5.62. The summed E-state index contributed by atoms with van der Waals surface area (Å²) in [5.41, 5.74) is 1.86.